The molecule has 1 saturated heterocycles. The summed E-state index contributed by atoms with van der Waals surface area (Å²) in [7, 11) is -10.3. The van der Waals surface area contributed by atoms with Crippen LogP contribution in [0.5, 0.6) is 0 Å². The van der Waals surface area contributed by atoms with Crippen LogP contribution in [0.25, 0.3) is 0 Å². The van der Waals surface area contributed by atoms with Crippen molar-refractivity contribution in [3.8, 4) is 0 Å². The predicted molar refractivity (Wildman–Crippen MR) is 90.8 cm³/mol. The van der Waals surface area contributed by atoms with Crippen LogP contribution in [0.1, 0.15) is 19.4 Å². The Kier molecular flexibility index (Phi) is 5.72. The van der Waals surface area contributed by atoms with E-state index in [1.807, 2.05) is 0 Å². The average Bonchev–Trinajstić information content (AvgIpc) is 2.92. The summed E-state index contributed by atoms with van der Waals surface area (Å²) in [6.07, 6.45) is -2.29. The molecule has 3 atom stereocenters. The molecule has 2 rings (SSSR count). The molecule has 0 aromatic heterocycles. The molecule has 0 radical (unpaired) electrons. The van der Waals surface area contributed by atoms with E-state index in [-0.39, 0.29) is 13.2 Å². The molecule has 1 aromatic carbocycles. The first kappa shape index (κ1) is 22.4. The highest BCUT2D eigenvalue weighted by Gasteiger charge is 2.78. The summed E-state index contributed by atoms with van der Waals surface area (Å²) in [6, 6.07) is 5.43. The molecular weight excluding hydrogens is 413 g/mol. The van der Waals surface area contributed by atoms with Gasteiger partial charge in [0.2, 0.25) is 0 Å². The van der Waals surface area contributed by atoms with Crippen LogP contribution in [0.2, 0.25) is 0 Å². The van der Waals surface area contributed by atoms with Gasteiger partial charge in [0.1, 0.15) is 12.7 Å². The Bertz CT molecular complexity index is 730. The van der Waals surface area contributed by atoms with Gasteiger partial charge in [0.25, 0.3) is 10.2 Å². The lowest BCUT2D eigenvalue weighted by atomic mass is 10.1. The largest absolute Gasteiger partial charge is 0.465 e. The van der Waals surface area contributed by atoms with Gasteiger partial charge < -0.3 is 9.47 Å². The monoisotopic (exact) mass is 433 g/mol. The molecule has 0 saturated carbocycles. The third kappa shape index (κ3) is 5.55. The van der Waals surface area contributed by atoms with Crippen molar-refractivity contribution in [1.29, 1.82) is 0 Å². The van der Waals surface area contributed by atoms with Crippen molar-refractivity contribution < 1.29 is 43.3 Å². The van der Waals surface area contributed by atoms with E-state index in [1.165, 1.54) is 19.1 Å². The topological polar surface area (TPSA) is 65.1 Å². The van der Waals surface area contributed by atoms with Gasteiger partial charge in [-0.1, -0.05) is 49.8 Å². The van der Waals surface area contributed by atoms with E-state index in [0.29, 0.717) is 10.6 Å². The number of hydrogen-bond acceptors (Lipinski definition) is 6. The first-order valence-corrected chi connectivity index (χ1v) is 10.2. The fraction of sp³-hybridized carbons (Fsp3) is 0.500. The number of carbonyl (C=O) groups excluding carboxylic acids is 2. The summed E-state index contributed by atoms with van der Waals surface area (Å²) in [6.45, 7) is 0.461. The molecule has 1 fully saturated rings. The molecule has 1 heterocycles. The minimum Gasteiger partial charge on any atom is -0.465 e. The second kappa shape index (κ2) is 7.16. The summed E-state index contributed by atoms with van der Waals surface area (Å²) in [5.41, 5.74) is 0.422. The van der Waals surface area contributed by atoms with Crippen molar-refractivity contribution in [3.63, 3.8) is 0 Å². The number of carbonyl (C=O) groups is 2. The highest BCUT2D eigenvalue weighted by Crippen LogP contribution is 3.01. The molecule has 6 nitrogen and oxygen atoms in total. The third-order valence-electron chi connectivity index (χ3n) is 3.93. The standard InChI is InChI=1S/C16H20F5NO5S/c1-3-25-16(24)14-15(28(17,18,19,20)21)13(10-26-11(2)23)27-22(14)9-12-7-5-4-6-8-12/h4-8,13-15H,3,9-10H2,1-2H3/t13-,14+,15-/m1/s1. The number of nitrogens with zero attached hydrogens (tertiary/aromatic N) is 1. The summed E-state index contributed by atoms with van der Waals surface area (Å²) in [5.74, 6) is -2.47. The maximum absolute atomic E-state index is 13.8. The lowest BCUT2D eigenvalue weighted by Gasteiger charge is -2.47. The number of hydrogen-bond donors (Lipinski definition) is 0. The first-order valence-electron chi connectivity index (χ1n) is 8.23. The van der Waals surface area contributed by atoms with Gasteiger partial charge >= 0.3 is 11.9 Å². The van der Waals surface area contributed by atoms with Crippen LogP contribution < -0.4 is 0 Å². The second-order valence-electron chi connectivity index (χ2n) is 6.20. The normalized spacial score (nSPS) is 25.6. The second-order valence-corrected chi connectivity index (χ2v) is 8.80. The van der Waals surface area contributed by atoms with Crippen LogP contribution in [0.3, 0.4) is 0 Å². The van der Waals surface area contributed by atoms with E-state index >= 15 is 0 Å². The third-order valence-corrected chi connectivity index (χ3v) is 5.52. The SMILES string of the molecule is CCOC(=O)[C@@H]1[C@H](S(F)(F)(F)(F)F)[C@@H](COC(C)=O)ON1Cc1ccccc1. The van der Waals surface area contributed by atoms with Gasteiger partial charge in [-0.3, -0.25) is 14.4 Å². The number of benzene rings is 1. The highest BCUT2D eigenvalue weighted by atomic mass is 32.5. The fourth-order valence-corrected chi connectivity index (χ4v) is 4.34. The molecule has 1 aliphatic heterocycles. The van der Waals surface area contributed by atoms with Gasteiger partial charge in [-0.15, -0.1) is 0 Å². The Morgan fingerprint density at radius 1 is 1.11 bits per heavy atom. The number of esters is 2. The Morgan fingerprint density at radius 3 is 2.21 bits per heavy atom. The van der Waals surface area contributed by atoms with Gasteiger partial charge in [0.05, 0.1) is 13.2 Å². The lowest BCUT2D eigenvalue weighted by Crippen LogP contribution is -2.49. The zero-order valence-corrected chi connectivity index (χ0v) is 15.8. The van der Waals surface area contributed by atoms with Gasteiger partial charge in [-0.25, -0.2) is 0 Å². The lowest BCUT2D eigenvalue weighted by molar-refractivity contribution is -0.194. The molecule has 160 valence electrons. The quantitative estimate of drug-likeness (QED) is 0.479. The smallest absolute Gasteiger partial charge is 0.327 e. The molecular formula is C16H20F5NO5S. The van der Waals surface area contributed by atoms with Crippen molar-refractivity contribution in [2.24, 2.45) is 0 Å². The number of halogens is 5. The summed E-state index contributed by atoms with van der Waals surface area (Å²) in [5, 5.41) is -2.98. The Hall–Kier alpha value is -1.92. The Morgan fingerprint density at radius 2 is 1.71 bits per heavy atom. The zero-order valence-electron chi connectivity index (χ0n) is 15.0. The molecule has 0 amide bonds. The van der Waals surface area contributed by atoms with Crippen molar-refractivity contribution in [3.05, 3.63) is 35.9 Å². The van der Waals surface area contributed by atoms with Crippen LogP contribution in [-0.2, 0) is 30.4 Å². The van der Waals surface area contributed by atoms with Crippen molar-refractivity contribution in [1.82, 2.24) is 5.06 Å². The van der Waals surface area contributed by atoms with E-state index in [2.05, 4.69) is 9.47 Å². The molecule has 12 heteroatoms. The predicted octanol–water partition coefficient (Wildman–Crippen LogP) is 3.96. The van der Waals surface area contributed by atoms with Gasteiger partial charge in [0, 0.05) is 6.92 Å². The molecule has 0 spiro atoms. The van der Waals surface area contributed by atoms with Crippen LogP contribution >= 0.6 is 10.2 Å². The van der Waals surface area contributed by atoms with E-state index in [1.54, 1.807) is 18.2 Å². The summed E-state index contributed by atoms with van der Waals surface area (Å²) >= 11 is 0. The minimum atomic E-state index is -10.3. The van der Waals surface area contributed by atoms with Gasteiger partial charge in [-0.2, -0.15) is 5.06 Å². The molecule has 1 aromatic rings. The number of rotatable bonds is 7. The molecule has 0 bridgehead atoms. The molecule has 0 unspecified atom stereocenters. The molecule has 1 aliphatic rings. The first-order chi connectivity index (χ1) is 12.7. The maximum atomic E-state index is 13.8. The van der Waals surface area contributed by atoms with E-state index in [9.17, 15) is 29.0 Å². The molecule has 0 N–H and O–H groups in total. The Labute approximate surface area is 158 Å². The van der Waals surface area contributed by atoms with Crippen LogP contribution in [0, 0.1) is 0 Å². The minimum absolute atomic E-state index is 0.309. The average molecular weight is 433 g/mol. The van der Waals surface area contributed by atoms with E-state index in [4.69, 9.17) is 4.84 Å². The van der Waals surface area contributed by atoms with E-state index < -0.39 is 46.2 Å². The van der Waals surface area contributed by atoms with Gasteiger partial charge in [-0.05, 0) is 12.5 Å². The number of ether oxygens (including phenoxy) is 2. The number of hydroxylamine groups is 2. The van der Waals surface area contributed by atoms with Crippen LogP contribution in [0.4, 0.5) is 19.4 Å². The molecule has 0 aliphatic carbocycles. The van der Waals surface area contributed by atoms with Crippen molar-refractivity contribution in [2.45, 2.75) is 37.8 Å². The summed E-state index contributed by atoms with van der Waals surface area (Å²) < 4.78 is 78.1. The Balaban J connectivity index is 2.47. The highest BCUT2D eigenvalue weighted by molar-refractivity contribution is 8.46. The fourth-order valence-electron chi connectivity index (χ4n) is 2.90. The maximum Gasteiger partial charge on any atom is 0.327 e. The summed E-state index contributed by atoms with van der Waals surface area (Å²) in [4.78, 5) is 28.2. The van der Waals surface area contributed by atoms with Crippen molar-refractivity contribution in [2.75, 3.05) is 13.2 Å². The van der Waals surface area contributed by atoms with Gasteiger partial charge in [0.15, 0.2) is 11.3 Å². The molecule has 28 heavy (non-hydrogen) atoms. The van der Waals surface area contributed by atoms with Crippen molar-refractivity contribution >= 4 is 22.2 Å². The zero-order chi connectivity index (χ0) is 21.2. The van der Waals surface area contributed by atoms with Crippen LogP contribution in [-0.4, -0.2) is 47.6 Å². The van der Waals surface area contributed by atoms with Crippen LogP contribution in [0.15, 0.2) is 30.3 Å². The van der Waals surface area contributed by atoms with E-state index in [0.717, 1.165) is 6.92 Å².